The van der Waals surface area contributed by atoms with E-state index in [4.69, 9.17) is 20.9 Å². The average molecular weight is 682 g/mol. The maximum absolute atomic E-state index is 13.7. The first-order valence-electron chi connectivity index (χ1n) is 12.7. The normalized spacial score (nSPS) is 31.2. The number of rotatable bonds is 11. The molecular formula is C21H27FN7O14P2+. The van der Waals surface area contributed by atoms with Gasteiger partial charge in [-0.05, 0) is 6.07 Å². The smallest absolute Gasteiger partial charge is 0.387 e. The number of nitrogens with zero attached hydrogens (tertiary/aromatic N) is 5. The largest absolute Gasteiger partial charge is 0.481 e. The molecule has 0 saturated carbocycles. The van der Waals surface area contributed by atoms with E-state index in [-0.39, 0.29) is 22.5 Å². The van der Waals surface area contributed by atoms with E-state index in [1.807, 2.05) is 0 Å². The topological polar surface area (TPSA) is 318 Å². The molecule has 246 valence electrons. The second-order valence-electron chi connectivity index (χ2n) is 9.81. The molecule has 2 aliphatic rings. The minimum atomic E-state index is -5.43. The Morgan fingerprint density at radius 2 is 1.64 bits per heavy atom. The first-order chi connectivity index (χ1) is 21.1. The number of imidazole rings is 1. The molecule has 2 saturated heterocycles. The summed E-state index contributed by atoms with van der Waals surface area (Å²) >= 11 is 0. The van der Waals surface area contributed by atoms with Crippen LogP contribution < -0.4 is 16.0 Å². The Hall–Kier alpha value is -3.08. The number of phosphoric ester groups is 2. The fourth-order valence-corrected chi connectivity index (χ4v) is 6.71. The van der Waals surface area contributed by atoms with E-state index in [1.54, 1.807) is 0 Å². The van der Waals surface area contributed by atoms with Crippen molar-refractivity contribution >= 4 is 38.5 Å². The van der Waals surface area contributed by atoms with Crippen LogP contribution in [0, 0.1) is 6.08 Å². The number of anilines is 1. The van der Waals surface area contributed by atoms with E-state index < -0.39 is 89.9 Å². The fourth-order valence-electron chi connectivity index (χ4n) is 4.62. The van der Waals surface area contributed by atoms with Gasteiger partial charge in [0.25, 0.3) is 12.1 Å². The minimum Gasteiger partial charge on any atom is -0.387 e. The first kappa shape index (κ1) is 33.3. The molecule has 2 fully saturated rings. The third-order valence-electron chi connectivity index (χ3n) is 6.78. The Morgan fingerprint density at radius 1 is 1.02 bits per heavy atom. The molecule has 0 spiro atoms. The van der Waals surface area contributed by atoms with Crippen molar-refractivity contribution in [2.75, 3.05) is 18.9 Å². The second kappa shape index (κ2) is 12.6. The quantitative estimate of drug-likeness (QED) is 0.0572. The molecule has 3 aromatic heterocycles. The lowest BCUT2D eigenvalue weighted by atomic mass is 10.1. The Morgan fingerprint density at radius 3 is 2.29 bits per heavy atom. The predicted octanol–water partition coefficient (Wildman–Crippen LogP) is -2.88. The highest BCUT2D eigenvalue weighted by Gasteiger charge is 2.50. The Balaban J connectivity index is 1.17. The molecule has 0 radical (unpaired) electrons. The summed E-state index contributed by atoms with van der Waals surface area (Å²) in [6, 6.07) is 2.81. The molecule has 24 heteroatoms. The van der Waals surface area contributed by atoms with Crippen LogP contribution in [0.15, 0.2) is 30.9 Å². The molecule has 5 heterocycles. The Labute approximate surface area is 250 Å². The number of aliphatic hydroxyl groups excluding tert-OH is 4. The van der Waals surface area contributed by atoms with Gasteiger partial charge in [0, 0.05) is 6.07 Å². The van der Waals surface area contributed by atoms with Gasteiger partial charge in [-0.1, -0.05) is 0 Å². The van der Waals surface area contributed by atoms with Gasteiger partial charge in [-0.25, -0.2) is 14.1 Å². The van der Waals surface area contributed by atoms with Crippen LogP contribution in [0.4, 0.5) is 10.2 Å². The molecule has 0 aromatic carbocycles. The summed E-state index contributed by atoms with van der Waals surface area (Å²) in [5.74, 6) is -1.09. The van der Waals surface area contributed by atoms with Gasteiger partial charge in [-0.15, -0.1) is 0 Å². The van der Waals surface area contributed by atoms with Crippen LogP contribution in [0.3, 0.4) is 0 Å². The van der Waals surface area contributed by atoms with Crippen molar-refractivity contribution in [3.63, 3.8) is 0 Å². The number of amides is 1. The van der Waals surface area contributed by atoms with E-state index in [2.05, 4.69) is 28.3 Å². The number of ether oxygens (including phenoxy) is 2. The zero-order valence-electron chi connectivity index (χ0n) is 22.5. The fraction of sp³-hybridized carbons (Fsp3) is 0.476. The summed E-state index contributed by atoms with van der Waals surface area (Å²) in [6.45, 7) is -1.90. The maximum atomic E-state index is 13.7. The second-order valence-corrected chi connectivity index (χ2v) is 12.9. The summed E-state index contributed by atoms with van der Waals surface area (Å²) in [6.07, 6.45) is -9.96. The van der Waals surface area contributed by atoms with Crippen molar-refractivity contribution in [1.82, 2.24) is 19.5 Å². The monoisotopic (exact) mass is 682 g/mol. The van der Waals surface area contributed by atoms with Gasteiger partial charge in [0.2, 0.25) is 0 Å². The number of nitrogens with two attached hydrogens (primary N) is 2. The summed E-state index contributed by atoms with van der Waals surface area (Å²) in [4.78, 5) is 42.2. The maximum Gasteiger partial charge on any atom is 0.481 e. The van der Waals surface area contributed by atoms with Crippen LogP contribution in [0.1, 0.15) is 22.8 Å². The molecule has 0 aliphatic carbocycles. The predicted molar refractivity (Wildman–Crippen MR) is 139 cm³/mol. The molecule has 1 amide bonds. The van der Waals surface area contributed by atoms with Crippen LogP contribution >= 0.6 is 15.6 Å². The van der Waals surface area contributed by atoms with E-state index in [0.717, 1.165) is 10.9 Å². The van der Waals surface area contributed by atoms with Crippen molar-refractivity contribution in [3.8, 4) is 0 Å². The molecule has 10 atom stereocenters. The number of hydrogen-bond acceptors (Lipinski definition) is 16. The lowest BCUT2D eigenvalue weighted by molar-refractivity contribution is -0.765. The Kier molecular flexibility index (Phi) is 9.33. The number of halogens is 1. The van der Waals surface area contributed by atoms with Crippen molar-refractivity contribution in [2.45, 2.75) is 49.1 Å². The molecular weight excluding hydrogens is 655 g/mol. The van der Waals surface area contributed by atoms with Gasteiger partial charge in [0.15, 0.2) is 41.7 Å². The lowest BCUT2D eigenvalue weighted by Crippen LogP contribution is -2.46. The molecule has 21 nitrogen and oxygen atoms in total. The standard InChI is InChI=1S/C21H26FN7O14P2/c22-21-26-16(23)11-18(27-21)29(7-25-11)20-15(33)13(31)10(42-20)6-40-45(37,38)43-44(35,36)39-5-9-12(30)14(32)19(41-9)28-3-1-2-8(4-28)17(24)34/h1-4,7,9-10,12-15,19-20,30-33H,5-6H2,(H5-,23,24,26,27,34,35,36,37,38)/p+1/t9-,10-,12-,13-,14-,15-,19-,20-/m1/s1. The summed E-state index contributed by atoms with van der Waals surface area (Å²) in [5, 5.41) is 41.6. The van der Waals surface area contributed by atoms with Crippen LogP contribution in [-0.2, 0) is 32.0 Å². The van der Waals surface area contributed by atoms with Gasteiger partial charge in [0.1, 0.15) is 36.1 Å². The van der Waals surface area contributed by atoms with Crippen LogP contribution in [0.5, 0.6) is 0 Å². The van der Waals surface area contributed by atoms with Gasteiger partial charge in [0.05, 0.1) is 19.5 Å². The van der Waals surface area contributed by atoms with Gasteiger partial charge in [-0.3, -0.25) is 18.4 Å². The molecule has 45 heavy (non-hydrogen) atoms. The van der Waals surface area contributed by atoms with Gasteiger partial charge < -0.3 is 51.2 Å². The third-order valence-corrected chi connectivity index (χ3v) is 9.38. The number of aliphatic hydroxyl groups is 4. The number of aromatic nitrogens is 5. The summed E-state index contributed by atoms with van der Waals surface area (Å²) in [5.41, 5.74) is 10.7. The molecule has 2 unspecified atom stereocenters. The number of primary amides is 1. The number of hydrogen-bond donors (Lipinski definition) is 8. The SMILES string of the molecule is NC(=O)c1ccc[n+]([C@@H]2O[C@H](COP(=O)(O)OP(=O)(O)OC[C@H]3O[C@@H](n4cnc5c(N)nc(F)nc54)[C@H](O)[C@@H]3O)[C@@H](O)[C@H]2O)c1. The van der Waals surface area contributed by atoms with Gasteiger partial charge >= 0.3 is 21.7 Å². The molecule has 10 N–H and O–H groups in total. The zero-order valence-corrected chi connectivity index (χ0v) is 24.3. The van der Waals surface area contributed by atoms with Crippen molar-refractivity contribution in [2.24, 2.45) is 5.73 Å². The van der Waals surface area contributed by atoms with E-state index in [1.165, 1.54) is 29.1 Å². The number of carbonyl (C=O) groups is 1. The lowest BCUT2D eigenvalue weighted by Gasteiger charge is -2.20. The van der Waals surface area contributed by atoms with Crippen LogP contribution in [0.2, 0.25) is 0 Å². The van der Waals surface area contributed by atoms with Gasteiger partial charge in [-0.2, -0.15) is 23.2 Å². The van der Waals surface area contributed by atoms with E-state index >= 15 is 0 Å². The van der Waals surface area contributed by atoms with Crippen LogP contribution in [0.25, 0.3) is 11.2 Å². The van der Waals surface area contributed by atoms with E-state index in [0.29, 0.717) is 0 Å². The molecule has 0 bridgehead atoms. The first-order valence-corrected chi connectivity index (χ1v) is 15.7. The number of pyridine rings is 1. The number of carbonyl (C=O) groups excluding carboxylic acids is 1. The zero-order chi connectivity index (χ0) is 32.8. The van der Waals surface area contributed by atoms with E-state index in [9.17, 15) is 48.5 Å². The molecule has 2 aliphatic heterocycles. The molecule has 3 aromatic rings. The van der Waals surface area contributed by atoms with Crippen molar-refractivity contribution in [1.29, 1.82) is 0 Å². The third kappa shape index (κ3) is 7.03. The highest BCUT2D eigenvalue weighted by atomic mass is 31.3. The highest BCUT2D eigenvalue weighted by molar-refractivity contribution is 7.61. The summed E-state index contributed by atoms with van der Waals surface area (Å²) < 4.78 is 65.3. The summed E-state index contributed by atoms with van der Waals surface area (Å²) in [7, 11) is -10.8. The van der Waals surface area contributed by atoms with Crippen molar-refractivity contribution < 1.29 is 75.9 Å². The molecule has 5 rings (SSSR count). The number of fused-ring (bicyclic) bond motifs is 1. The Bertz CT molecular complexity index is 1680. The number of nitrogen functional groups attached to an aromatic ring is 1. The minimum absolute atomic E-state index is 0.0371. The number of phosphoric acid groups is 2. The average Bonchev–Trinajstić information content (AvgIpc) is 3.60. The van der Waals surface area contributed by atoms with Crippen LogP contribution in [-0.4, -0.2) is 105 Å². The van der Waals surface area contributed by atoms with Crippen molar-refractivity contribution in [3.05, 3.63) is 42.5 Å². The highest BCUT2D eigenvalue weighted by Crippen LogP contribution is 2.60.